The van der Waals surface area contributed by atoms with Gasteiger partial charge in [0.1, 0.15) is 0 Å². The molecule has 0 aliphatic heterocycles. The molecule has 112 valence electrons. The maximum Gasteiger partial charge on any atom is 0.516 e. The van der Waals surface area contributed by atoms with Gasteiger partial charge in [-0.1, -0.05) is 24.8 Å². The maximum atomic E-state index is 11.5. The van der Waals surface area contributed by atoms with Gasteiger partial charge in [-0.3, -0.25) is 0 Å². The maximum absolute atomic E-state index is 11.5. The lowest BCUT2D eigenvalue weighted by molar-refractivity contribution is -0.137. The molecule has 1 aromatic rings. The Balaban J connectivity index is 2.13. The molecule has 0 bridgehead atoms. The predicted molar refractivity (Wildman–Crippen MR) is 73.6 cm³/mol. The molecule has 0 N–H and O–H groups in total. The summed E-state index contributed by atoms with van der Waals surface area (Å²) < 4.78 is 14.0. The van der Waals surface area contributed by atoms with Crippen molar-refractivity contribution in [2.75, 3.05) is 13.2 Å². The van der Waals surface area contributed by atoms with E-state index in [1.165, 1.54) is 12.1 Å². The minimum absolute atomic E-state index is 0.0759. The number of unbranched alkanes of at least 4 members (excludes halogenated alkanes) is 1. The van der Waals surface area contributed by atoms with Crippen molar-refractivity contribution in [1.29, 1.82) is 0 Å². The smallest absolute Gasteiger partial charge is 0.463 e. The average molecular weight is 292 g/mol. The molecule has 0 heterocycles. The van der Waals surface area contributed by atoms with Crippen LogP contribution in [0.3, 0.4) is 0 Å². The minimum Gasteiger partial charge on any atom is -0.463 e. The Morgan fingerprint density at radius 3 is 2.24 bits per heavy atom. The molecule has 0 fully saturated rings. The van der Waals surface area contributed by atoms with Crippen molar-refractivity contribution < 1.29 is 28.6 Å². The van der Waals surface area contributed by atoms with Crippen molar-refractivity contribution in [3.05, 3.63) is 48.6 Å². The van der Waals surface area contributed by atoms with Crippen LogP contribution in [-0.2, 0) is 19.0 Å². The molecular weight excluding hydrogens is 276 g/mol. The van der Waals surface area contributed by atoms with Crippen LogP contribution in [0.4, 0.5) is 4.79 Å². The topological polar surface area (TPSA) is 78.9 Å². The predicted octanol–water partition coefficient (Wildman–Crippen LogP) is 2.49. The van der Waals surface area contributed by atoms with Crippen LogP contribution < -0.4 is 0 Å². The molecule has 0 amide bonds. The molecule has 0 saturated heterocycles. The van der Waals surface area contributed by atoms with Gasteiger partial charge < -0.3 is 14.2 Å². The van der Waals surface area contributed by atoms with Crippen LogP contribution in [0.5, 0.6) is 0 Å². The molecule has 6 heteroatoms. The van der Waals surface area contributed by atoms with Crippen molar-refractivity contribution in [3.8, 4) is 0 Å². The van der Waals surface area contributed by atoms with Crippen LogP contribution >= 0.6 is 0 Å². The molecule has 0 atom stereocenters. The molecule has 1 aromatic carbocycles. The van der Waals surface area contributed by atoms with Gasteiger partial charge in [-0.25, -0.2) is 14.4 Å². The van der Waals surface area contributed by atoms with Crippen molar-refractivity contribution >= 4 is 18.1 Å². The standard InChI is InChI=1S/C15H16O6/c1-2-13(16)19-10-6-7-11-20-15(18)21-14(17)12-8-4-3-5-9-12/h2-5,8-9H,1,6-7,10-11H2. The van der Waals surface area contributed by atoms with E-state index >= 15 is 0 Å². The highest BCUT2D eigenvalue weighted by Gasteiger charge is 2.13. The van der Waals surface area contributed by atoms with E-state index in [0.717, 1.165) is 6.08 Å². The van der Waals surface area contributed by atoms with E-state index in [-0.39, 0.29) is 18.8 Å². The first-order chi connectivity index (χ1) is 10.1. The number of esters is 2. The zero-order valence-corrected chi connectivity index (χ0v) is 11.4. The summed E-state index contributed by atoms with van der Waals surface area (Å²) in [4.78, 5) is 33.5. The first-order valence-corrected chi connectivity index (χ1v) is 6.36. The van der Waals surface area contributed by atoms with E-state index in [1.54, 1.807) is 18.2 Å². The third-order valence-electron chi connectivity index (χ3n) is 2.36. The molecule has 6 nitrogen and oxygen atoms in total. The molecule has 1 rings (SSSR count). The fraction of sp³-hybridized carbons (Fsp3) is 0.267. The van der Waals surface area contributed by atoms with Gasteiger partial charge in [-0.15, -0.1) is 0 Å². The van der Waals surface area contributed by atoms with Crippen LogP contribution in [0.15, 0.2) is 43.0 Å². The number of rotatable bonds is 7. The summed E-state index contributed by atoms with van der Waals surface area (Å²) in [5, 5.41) is 0. The Labute approximate surface area is 122 Å². The fourth-order valence-corrected chi connectivity index (χ4v) is 1.33. The summed E-state index contributed by atoms with van der Waals surface area (Å²) >= 11 is 0. The number of benzene rings is 1. The Kier molecular flexibility index (Phi) is 7.28. The summed E-state index contributed by atoms with van der Waals surface area (Å²) in [6.45, 7) is 3.55. The van der Waals surface area contributed by atoms with Gasteiger partial charge in [0.2, 0.25) is 0 Å². The monoisotopic (exact) mass is 292 g/mol. The highest BCUT2D eigenvalue weighted by molar-refractivity contribution is 5.95. The summed E-state index contributed by atoms with van der Waals surface area (Å²) in [6.07, 6.45) is 1.04. The molecule has 0 aromatic heterocycles. The second-order valence-electron chi connectivity index (χ2n) is 3.93. The van der Waals surface area contributed by atoms with E-state index in [0.29, 0.717) is 12.8 Å². The van der Waals surface area contributed by atoms with Gasteiger partial charge >= 0.3 is 18.1 Å². The molecule has 0 unspecified atom stereocenters. The number of hydrogen-bond acceptors (Lipinski definition) is 6. The van der Waals surface area contributed by atoms with Crippen LogP contribution in [0, 0.1) is 0 Å². The van der Waals surface area contributed by atoms with Crippen LogP contribution in [-0.4, -0.2) is 31.3 Å². The van der Waals surface area contributed by atoms with E-state index in [9.17, 15) is 14.4 Å². The van der Waals surface area contributed by atoms with E-state index in [2.05, 4.69) is 11.3 Å². The molecule has 0 spiro atoms. The van der Waals surface area contributed by atoms with Gasteiger partial charge in [-0.2, -0.15) is 0 Å². The van der Waals surface area contributed by atoms with Crippen LogP contribution in [0.1, 0.15) is 23.2 Å². The van der Waals surface area contributed by atoms with Crippen LogP contribution in [0.25, 0.3) is 0 Å². The van der Waals surface area contributed by atoms with Crippen molar-refractivity contribution in [3.63, 3.8) is 0 Å². The second kappa shape index (κ2) is 9.30. The molecular formula is C15H16O6. The molecule has 21 heavy (non-hydrogen) atoms. The SMILES string of the molecule is C=CC(=O)OCCCCOC(=O)OC(=O)c1ccccc1. The van der Waals surface area contributed by atoms with Gasteiger partial charge in [0.25, 0.3) is 0 Å². The van der Waals surface area contributed by atoms with E-state index in [4.69, 9.17) is 9.47 Å². The number of ether oxygens (including phenoxy) is 3. The quantitative estimate of drug-likeness (QED) is 0.332. The van der Waals surface area contributed by atoms with Gasteiger partial charge in [-0.05, 0) is 25.0 Å². The lowest BCUT2D eigenvalue weighted by Crippen LogP contribution is -2.14. The number of hydrogen-bond donors (Lipinski definition) is 0. The summed E-state index contributed by atoms with van der Waals surface area (Å²) in [6, 6.07) is 8.13. The first kappa shape index (κ1) is 16.4. The Bertz CT molecular complexity index is 494. The van der Waals surface area contributed by atoms with Gasteiger partial charge in [0, 0.05) is 6.08 Å². The Morgan fingerprint density at radius 2 is 1.62 bits per heavy atom. The lowest BCUT2D eigenvalue weighted by atomic mass is 10.2. The van der Waals surface area contributed by atoms with E-state index < -0.39 is 18.1 Å². The zero-order valence-electron chi connectivity index (χ0n) is 11.4. The minimum atomic E-state index is -1.05. The largest absolute Gasteiger partial charge is 0.516 e. The zero-order chi connectivity index (χ0) is 15.5. The first-order valence-electron chi connectivity index (χ1n) is 6.36. The Hall–Kier alpha value is -2.63. The normalized spacial score (nSPS) is 9.52. The summed E-state index contributed by atoms with van der Waals surface area (Å²) in [5.41, 5.74) is 0.269. The van der Waals surface area contributed by atoms with Gasteiger partial charge in [0.15, 0.2) is 0 Å². The lowest BCUT2D eigenvalue weighted by Gasteiger charge is -2.05. The second-order valence-corrected chi connectivity index (χ2v) is 3.93. The van der Waals surface area contributed by atoms with Crippen LogP contribution in [0.2, 0.25) is 0 Å². The molecule has 0 aliphatic carbocycles. The van der Waals surface area contributed by atoms with Crippen molar-refractivity contribution in [2.24, 2.45) is 0 Å². The Morgan fingerprint density at radius 1 is 1.00 bits per heavy atom. The average Bonchev–Trinajstić information content (AvgIpc) is 2.51. The summed E-state index contributed by atoms with van der Waals surface area (Å²) in [5.74, 6) is -1.26. The molecule has 0 radical (unpaired) electrons. The number of carbonyl (C=O) groups excluding carboxylic acids is 3. The highest BCUT2D eigenvalue weighted by Crippen LogP contribution is 2.02. The van der Waals surface area contributed by atoms with Crippen molar-refractivity contribution in [1.82, 2.24) is 0 Å². The molecule has 0 aliphatic rings. The van der Waals surface area contributed by atoms with Crippen molar-refractivity contribution in [2.45, 2.75) is 12.8 Å². The third-order valence-corrected chi connectivity index (χ3v) is 2.36. The number of carbonyl (C=O) groups is 3. The molecule has 0 saturated carbocycles. The highest BCUT2D eigenvalue weighted by atomic mass is 16.7. The fourth-order valence-electron chi connectivity index (χ4n) is 1.33. The third kappa shape index (κ3) is 6.91. The summed E-state index contributed by atoms with van der Waals surface area (Å²) in [7, 11) is 0. The van der Waals surface area contributed by atoms with E-state index in [1.807, 2.05) is 0 Å². The van der Waals surface area contributed by atoms with Gasteiger partial charge in [0.05, 0.1) is 18.8 Å².